The molecule has 4 aliphatic carbocycles. The average molecular weight is 1100 g/mol. The van der Waals surface area contributed by atoms with E-state index in [1.807, 2.05) is 6.92 Å². The molecular formula is C51H84O25. The van der Waals surface area contributed by atoms with Crippen molar-refractivity contribution in [2.75, 3.05) is 33.0 Å². The molecule has 5 heterocycles. The predicted molar refractivity (Wildman–Crippen MR) is 253 cm³/mol. The largest absolute Gasteiger partial charge is 0.394 e. The lowest BCUT2D eigenvalue weighted by Gasteiger charge is -2.60. The Bertz CT molecular complexity index is 1970. The van der Waals surface area contributed by atoms with Crippen molar-refractivity contribution in [2.24, 2.45) is 46.3 Å². The van der Waals surface area contributed by atoms with E-state index in [2.05, 4.69) is 26.8 Å². The fourth-order valence-electron chi connectivity index (χ4n) is 15.1. The molecule has 16 N–H and O–H groups in total. The maximum atomic E-state index is 12.2. The van der Waals surface area contributed by atoms with Gasteiger partial charge in [0.25, 0.3) is 0 Å². The standard InChI is InChI=1S/C51H84O25/c1-19(18-68-45-40(64)36(60)33(57)27(14-52)70-45)7-10-51(67)20(2)32-26(76-51)13-25-23-6-5-21-11-22(12-31(56)50(21,4)24(23)8-9-49(25,32)3)69-46-42(66)39(63)43(30(17-55)73-46)74-48-44(38(62)35(59)29(16-54)72-48)75-47-41(65)37(61)34(58)28(15-53)71-47/h5,19-20,22-48,52-67H,6-18H2,1-4H3/t19-,20-,22+,23+,24-,25-,26-,27+,28+,29+,30+,31+,32-,33+,34+,35+,36-,37-,38-,39+,40+,41+,42+,43-,44+,45+,46+,47-,48-,49-,50-,51?/m0/s1. The molecule has 9 aliphatic rings. The molecule has 0 radical (unpaired) electrons. The Kier molecular flexibility index (Phi) is 18.1. The minimum Gasteiger partial charge on any atom is -0.394 e. The van der Waals surface area contributed by atoms with E-state index in [1.54, 1.807) is 0 Å². The van der Waals surface area contributed by atoms with Crippen molar-refractivity contribution >= 4 is 0 Å². The van der Waals surface area contributed by atoms with Crippen LogP contribution in [0.15, 0.2) is 11.6 Å². The molecule has 25 nitrogen and oxygen atoms in total. The van der Waals surface area contributed by atoms with E-state index in [0.29, 0.717) is 19.3 Å². The highest BCUT2D eigenvalue weighted by molar-refractivity contribution is 5.28. The highest BCUT2D eigenvalue weighted by Crippen LogP contribution is 2.70. The Morgan fingerprint density at radius 3 is 1.78 bits per heavy atom. The second-order valence-corrected chi connectivity index (χ2v) is 23.9. The summed E-state index contributed by atoms with van der Waals surface area (Å²) < 4.78 is 53.1. The highest BCUT2D eigenvalue weighted by Gasteiger charge is 2.69. The molecule has 76 heavy (non-hydrogen) atoms. The fourth-order valence-corrected chi connectivity index (χ4v) is 15.1. The Hall–Kier alpha value is -1.26. The predicted octanol–water partition coefficient (Wildman–Crippen LogP) is -5.06. The summed E-state index contributed by atoms with van der Waals surface area (Å²) in [5.74, 6) is -0.994. The molecule has 0 aromatic heterocycles. The summed E-state index contributed by atoms with van der Waals surface area (Å²) in [7, 11) is 0. The van der Waals surface area contributed by atoms with Crippen LogP contribution in [0.5, 0.6) is 0 Å². The van der Waals surface area contributed by atoms with Crippen molar-refractivity contribution in [1.82, 2.24) is 0 Å². The molecule has 25 heteroatoms. The number of hydrogen-bond acceptors (Lipinski definition) is 25. The van der Waals surface area contributed by atoms with Crippen molar-refractivity contribution in [2.45, 2.75) is 226 Å². The van der Waals surface area contributed by atoms with Crippen molar-refractivity contribution in [3.8, 4) is 0 Å². The van der Waals surface area contributed by atoms with E-state index in [1.165, 1.54) is 0 Å². The van der Waals surface area contributed by atoms with Crippen LogP contribution < -0.4 is 0 Å². The fraction of sp³-hybridized carbons (Fsp3) is 0.961. The topological polar surface area (TPSA) is 407 Å². The minimum absolute atomic E-state index is 0.0832. The lowest BCUT2D eigenvalue weighted by Crippen LogP contribution is -2.67. The SMILES string of the molecule is C[C@@H](CCC1(O)O[C@H]2C[C@H]3[C@@H]4CC=C5C[C@@H](O[C@@H]6O[C@H](CO)[C@H](O[C@@H]7O[C@H](CO)[C@@H](O)[C@H](O)[C@H]7O[C@@H]7O[C@H](CO)[C@@H](O)[C@H](O)[C@H]7O)[C@H](O)[C@H]6O)C[C@@H](O)[C@]5(C)[C@H]4CC[C@]3(C)[C@H]2[C@@H]1C)CO[C@@H]1O[C@H](CO)[C@@H](O)[C@H](O)[C@H]1O. The van der Waals surface area contributed by atoms with Gasteiger partial charge in [0.05, 0.1) is 51.3 Å². The molecule has 438 valence electrons. The number of fused-ring (bicyclic) bond motifs is 7. The molecule has 3 saturated carbocycles. The summed E-state index contributed by atoms with van der Waals surface area (Å²) in [6.45, 7) is 5.55. The molecule has 8 fully saturated rings. The zero-order chi connectivity index (χ0) is 55.1. The number of rotatable bonds is 16. The molecule has 5 saturated heterocycles. The van der Waals surface area contributed by atoms with E-state index in [9.17, 15) is 81.7 Å². The van der Waals surface area contributed by atoms with E-state index in [-0.39, 0.29) is 60.1 Å². The van der Waals surface area contributed by atoms with Gasteiger partial charge in [0.15, 0.2) is 30.9 Å². The van der Waals surface area contributed by atoms with Gasteiger partial charge in [-0.2, -0.15) is 0 Å². The minimum atomic E-state index is -1.94. The first-order valence-electron chi connectivity index (χ1n) is 27.2. The van der Waals surface area contributed by atoms with Crippen molar-refractivity contribution < 1.29 is 124 Å². The van der Waals surface area contributed by atoms with Gasteiger partial charge < -0.3 is 124 Å². The van der Waals surface area contributed by atoms with Crippen LogP contribution in [-0.2, 0) is 42.6 Å². The zero-order valence-electron chi connectivity index (χ0n) is 43.3. The lowest BCUT2D eigenvalue weighted by atomic mass is 9.46. The van der Waals surface area contributed by atoms with Crippen molar-refractivity contribution in [3.05, 3.63) is 11.6 Å². The second-order valence-electron chi connectivity index (χ2n) is 23.9. The number of ether oxygens (including phenoxy) is 9. The molecule has 0 spiro atoms. The molecule has 0 bridgehead atoms. The zero-order valence-corrected chi connectivity index (χ0v) is 43.3. The third-order valence-electron chi connectivity index (χ3n) is 19.6. The molecule has 0 amide bonds. The van der Waals surface area contributed by atoms with Gasteiger partial charge in [0.1, 0.15) is 97.7 Å². The smallest absolute Gasteiger partial charge is 0.187 e. The van der Waals surface area contributed by atoms with Gasteiger partial charge in [-0.25, -0.2) is 0 Å². The van der Waals surface area contributed by atoms with E-state index in [4.69, 9.17) is 42.6 Å². The first kappa shape index (κ1) is 59.4. The maximum Gasteiger partial charge on any atom is 0.187 e. The Morgan fingerprint density at radius 1 is 0.618 bits per heavy atom. The van der Waals surface area contributed by atoms with Gasteiger partial charge in [-0.3, -0.25) is 0 Å². The summed E-state index contributed by atoms with van der Waals surface area (Å²) in [6.07, 6.45) is -27.7. The van der Waals surface area contributed by atoms with Gasteiger partial charge in [0.2, 0.25) is 0 Å². The van der Waals surface area contributed by atoms with Crippen molar-refractivity contribution in [3.63, 3.8) is 0 Å². The highest BCUT2D eigenvalue weighted by atomic mass is 16.8. The van der Waals surface area contributed by atoms with Crippen molar-refractivity contribution in [1.29, 1.82) is 0 Å². The van der Waals surface area contributed by atoms with Gasteiger partial charge in [-0.05, 0) is 73.5 Å². The first-order valence-corrected chi connectivity index (χ1v) is 27.2. The van der Waals surface area contributed by atoms with E-state index in [0.717, 1.165) is 31.3 Å². The van der Waals surface area contributed by atoms with Crippen LogP contribution in [0.3, 0.4) is 0 Å². The Balaban J connectivity index is 0.811. The summed E-state index contributed by atoms with van der Waals surface area (Å²) in [6, 6.07) is 0. The summed E-state index contributed by atoms with van der Waals surface area (Å²) >= 11 is 0. The van der Waals surface area contributed by atoms with E-state index < -0.39 is 173 Å². The van der Waals surface area contributed by atoms with Crippen LogP contribution in [0.1, 0.15) is 79.1 Å². The number of hydrogen-bond donors (Lipinski definition) is 16. The van der Waals surface area contributed by atoms with Crippen LogP contribution in [0.25, 0.3) is 0 Å². The van der Waals surface area contributed by atoms with Crippen LogP contribution in [-0.4, -0.2) is 262 Å². The van der Waals surface area contributed by atoms with Gasteiger partial charge in [0, 0.05) is 24.2 Å². The first-order chi connectivity index (χ1) is 35.9. The third-order valence-corrected chi connectivity index (χ3v) is 19.6. The number of aliphatic hydroxyl groups is 16. The third kappa shape index (κ3) is 10.4. The Morgan fingerprint density at radius 2 is 1.14 bits per heavy atom. The lowest BCUT2D eigenvalue weighted by molar-refractivity contribution is -0.390. The Labute approximate surface area is 440 Å². The second kappa shape index (κ2) is 23.2. The van der Waals surface area contributed by atoms with Gasteiger partial charge in [-0.1, -0.05) is 39.3 Å². The molecule has 0 aromatic rings. The molecule has 5 aliphatic heterocycles. The average Bonchev–Trinajstić information content (AvgIpc) is 3.88. The summed E-state index contributed by atoms with van der Waals surface area (Å²) in [5, 5.41) is 171. The summed E-state index contributed by atoms with van der Waals surface area (Å²) in [4.78, 5) is 0. The number of allylic oxidation sites excluding steroid dienone is 1. The van der Waals surface area contributed by atoms with E-state index >= 15 is 0 Å². The van der Waals surface area contributed by atoms with Crippen LogP contribution >= 0.6 is 0 Å². The monoisotopic (exact) mass is 1100 g/mol. The molecule has 0 aromatic carbocycles. The van der Waals surface area contributed by atoms with Gasteiger partial charge >= 0.3 is 0 Å². The quantitative estimate of drug-likeness (QED) is 0.0643. The normalized spacial score (nSPS) is 54.8. The molecule has 1 unspecified atom stereocenters. The maximum absolute atomic E-state index is 12.2. The number of aliphatic hydroxyl groups excluding tert-OH is 15. The van der Waals surface area contributed by atoms with Crippen LogP contribution in [0, 0.1) is 46.3 Å². The van der Waals surface area contributed by atoms with Crippen LogP contribution in [0.4, 0.5) is 0 Å². The summed E-state index contributed by atoms with van der Waals surface area (Å²) in [5.41, 5.74) is 0.247. The van der Waals surface area contributed by atoms with Crippen LogP contribution in [0.2, 0.25) is 0 Å². The molecule has 9 rings (SSSR count). The molecule has 32 atom stereocenters. The molecular weight excluding hydrogens is 1010 g/mol. The van der Waals surface area contributed by atoms with Gasteiger partial charge in [-0.15, -0.1) is 0 Å².